The topological polar surface area (TPSA) is 85.8 Å². The SMILES string of the molecule is COc1ccc(S(=O)(=O)CCCC(=O)N(Cc2ccccc2)c2nc3c(OC)ccc(C)c3s2)cc1. The van der Waals surface area contributed by atoms with Crippen LogP contribution >= 0.6 is 11.3 Å². The molecule has 0 N–H and O–H groups in total. The van der Waals surface area contributed by atoms with Gasteiger partial charge >= 0.3 is 0 Å². The molecule has 3 aromatic carbocycles. The van der Waals surface area contributed by atoms with Crippen molar-refractivity contribution in [2.45, 2.75) is 31.2 Å². The smallest absolute Gasteiger partial charge is 0.229 e. The van der Waals surface area contributed by atoms with Gasteiger partial charge in [0.05, 0.1) is 36.1 Å². The standard InChI is InChI=1S/C27H28N2O5S2/c1-19-11-16-23(34-3)25-26(19)35-27(28-25)29(18-20-8-5-4-6-9-20)24(30)10-7-17-36(31,32)22-14-12-21(33-2)13-15-22/h4-6,8-9,11-16H,7,10,17-18H2,1-3H3. The number of carbonyl (C=O) groups is 1. The number of aryl methyl sites for hydroxylation is 1. The lowest BCUT2D eigenvalue weighted by Gasteiger charge is -2.20. The van der Waals surface area contributed by atoms with Crippen LogP contribution in [0, 0.1) is 6.92 Å². The van der Waals surface area contributed by atoms with Crippen molar-refractivity contribution in [1.82, 2.24) is 4.98 Å². The molecule has 4 aromatic rings. The van der Waals surface area contributed by atoms with E-state index in [1.807, 2.05) is 49.4 Å². The van der Waals surface area contributed by atoms with Crippen molar-refractivity contribution < 1.29 is 22.7 Å². The number of rotatable bonds is 10. The molecule has 1 amide bonds. The summed E-state index contributed by atoms with van der Waals surface area (Å²) in [6, 6.07) is 19.8. The molecule has 0 fully saturated rings. The third-order valence-electron chi connectivity index (χ3n) is 5.85. The Labute approximate surface area is 215 Å². The summed E-state index contributed by atoms with van der Waals surface area (Å²) in [6.07, 6.45) is 0.278. The molecule has 0 spiro atoms. The van der Waals surface area contributed by atoms with Gasteiger partial charge in [-0.25, -0.2) is 13.4 Å². The molecule has 0 saturated carbocycles. The first kappa shape index (κ1) is 25.7. The average Bonchev–Trinajstić information content (AvgIpc) is 3.34. The maximum absolute atomic E-state index is 13.4. The van der Waals surface area contributed by atoms with E-state index in [0.717, 1.165) is 15.8 Å². The van der Waals surface area contributed by atoms with Gasteiger partial charge in [-0.2, -0.15) is 0 Å². The number of fused-ring (bicyclic) bond motifs is 1. The minimum Gasteiger partial charge on any atom is -0.497 e. The maximum atomic E-state index is 13.4. The molecule has 0 atom stereocenters. The number of hydrogen-bond donors (Lipinski definition) is 0. The minimum absolute atomic E-state index is 0.0776. The number of benzene rings is 3. The van der Waals surface area contributed by atoms with Crippen molar-refractivity contribution in [1.29, 1.82) is 0 Å². The highest BCUT2D eigenvalue weighted by Gasteiger charge is 2.23. The first-order valence-electron chi connectivity index (χ1n) is 11.5. The molecule has 0 aliphatic rings. The molecule has 9 heteroatoms. The quantitative estimate of drug-likeness (QED) is 0.276. The number of aromatic nitrogens is 1. The summed E-state index contributed by atoms with van der Waals surface area (Å²) in [5.74, 6) is 0.926. The zero-order valence-corrected chi connectivity index (χ0v) is 22.1. The molecule has 0 aliphatic carbocycles. The fourth-order valence-electron chi connectivity index (χ4n) is 3.86. The van der Waals surface area contributed by atoms with E-state index in [2.05, 4.69) is 0 Å². The Kier molecular flexibility index (Phi) is 7.91. The molecule has 0 aliphatic heterocycles. The predicted octanol–water partition coefficient (Wildman–Crippen LogP) is 5.41. The monoisotopic (exact) mass is 524 g/mol. The third kappa shape index (κ3) is 5.68. The number of sulfone groups is 1. The number of ether oxygens (including phenoxy) is 2. The number of amides is 1. The first-order chi connectivity index (χ1) is 17.3. The summed E-state index contributed by atoms with van der Waals surface area (Å²) in [7, 11) is -0.398. The molecule has 0 bridgehead atoms. The van der Waals surface area contributed by atoms with Gasteiger partial charge in [-0.3, -0.25) is 9.69 Å². The normalized spacial score (nSPS) is 11.4. The zero-order valence-electron chi connectivity index (χ0n) is 20.4. The zero-order chi connectivity index (χ0) is 25.7. The van der Waals surface area contributed by atoms with E-state index in [0.29, 0.717) is 28.7 Å². The van der Waals surface area contributed by atoms with Gasteiger partial charge in [-0.15, -0.1) is 0 Å². The molecule has 4 rings (SSSR count). The Balaban J connectivity index is 1.55. The van der Waals surface area contributed by atoms with E-state index in [1.165, 1.54) is 30.6 Å². The van der Waals surface area contributed by atoms with Gasteiger partial charge < -0.3 is 9.47 Å². The lowest BCUT2D eigenvalue weighted by Crippen LogP contribution is -2.30. The second-order valence-corrected chi connectivity index (χ2v) is 11.4. The highest BCUT2D eigenvalue weighted by molar-refractivity contribution is 7.91. The van der Waals surface area contributed by atoms with Crippen molar-refractivity contribution in [3.63, 3.8) is 0 Å². The van der Waals surface area contributed by atoms with Crippen molar-refractivity contribution in [2.24, 2.45) is 0 Å². The van der Waals surface area contributed by atoms with E-state index < -0.39 is 9.84 Å². The van der Waals surface area contributed by atoms with Crippen LogP contribution in [0.25, 0.3) is 10.2 Å². The minimum atomic E-state index is -3.52. The van der Waals surface area contributed by atoms with Gasteiger partial charge in [0.2, 0.25) is 5.91 Å². The average molecular weight is 525 g/mol. The number of methoxy groups -OCH3 is 2. The van der Waals surface area contributed by atoms with E-state index in [1.54, 1.807) is 24.1 Å². The van der Waals surface area contributed by atoms with Crippen LogP contribution in [0.2, 0.25) is 0 Å². The third-order valence-corrected chi connectivity index (χ3v) is 8.88. The molecule has 36 heavy (non-hydrogen) atoms. The van der Waals surface area contributed by atoms with Gasteiger partial charge in [-0.1, -0.05) is 47.7 Å². The maximum Gasteiger partial charge on any atom is 0.229 e. The lowest BCUT2D eigenvalue weighted by molar-refractivity contribution is -0.118. The van der Waals surface area contributed by atoms with Crippen molar-refractivity contribution >= 4 is 42.4 Å². The van der Waals surface area contributed by atoms with Crippen molar-refractivity contribution in [3.05, 3.63) is 77.9 Å². The number of anilines is 1. The van der Waals surface area contributed by atoms with Crippen LogP contribution in [0.4, 0.5) is 5.13 Å². The van der Waals surface area contributed by atoms with E-state index >= 15 is 0 Å². The molecular formula is C27H28N2O5S2. The Bertz CT molecular complexity index is 1450. The number of hydrogen-bond acceptors (Lipinski definition) is 7. The van der Waals surface area contributed by atoms with E-state index in [9.17, 15) is 13.2 Å². The molecule has 0 radical (unpaired) electrons. The van der Waals surface area contributed by atoms with Gasteiger partial charge in [-0.05, 0) is 54.8 Å². The Morgan fingerprint density at radius 2 is 1.69 bits per heavy atom. The van der Waals surface area contributed by atoms with Gasteiger partial charge in [0.25, 0.3) is 0 Å². The first-order valence-corrected chi connectivity index (χ1v) is 13.9. The highest BCUT2D eigenvalue weighted by atomic mass is 32.2. The van der Waals surface area contributed by atoms with E-state index in [4.69, 9.17) is 14.5 Å². The summed E-state index contributed by atoms with van der Waals surface area (Å²) in [5, 5.41) is 0.560. The second kappa shape index (κ2) is 11.1. The van der Waals surface area contributed by atoms with Crippen LogP contribution in [-0.2, 0) is 21.2 Å². The van der Waals surface area contributed by atoms with Crippen molar-refractivity contribution in [3.8, 4) is 11.5 Å². The Hall–Kier alpha value is -3.43. The number of thiazole rings is 1. The molecule has 7 nitrogen and oxygen atoms in total. The van der Waals surface area contributed by atoms with Crippen LogP contribution in [0.15, 0.2) is 71.6 Å². The van der Waals surface area contributed by atoms with Gasteiger partial charge in [0, 0.05) is 6.42 Å². The van der Waals surface area contributed by atoms with Crippen LogP contribution < -0.4 is 14.4 Å². The van der Waals surface area contributed by atoms with Crippen LogP contribution in [0.1, 0.15) is 24.0 Å². The molecule has 0 saturated heterocycles. The number of nitrogens with zero attached hydrogens (tertiary/aromatic N) is 2. The fourth-order valence-corrected chi connectivity index (χ4v) is 6.24. The van der Waals surface area contributed by atoms with Crippen LogP contribution in [-0.4, -0.2) is 39.3 Å². The van der Waals surface area contributed by atoms with Crippen molar-refractivity contribution in [2.75, 3.05) is 24.9 Å². The Morgan fingerprint density at radius 3 is 2.36 bits per heavy atom. The summed E-state index contributed by atoms with van der Waals surface area (Å²) < 4.78 is 37.1. The molecule has 1 aromatic heterocycles. The Morgan fingerprint density at radius 1 is 0.972 bits per heavy atom. The molecule has 1 heterocycles. The summed E-state index contributed by atoms with van der Waals surface area (Å²) in [4.78, 5) is 20.0. The lowest BCUT2D eigenvalue weighted by atomic mass is 10.2. The highest BCUT2D eigenvalue weighted by Crippen LogP contribution is 2.37. The predicted molar refractivity (Wildman–Crippen MR) is 143 cm³/mol. The summed E-state index contributed by atoms with van der Waals surface area (Å²) in [6.45, 7) is 2.34. The number of carbonyl (C=O) groups excluding carboxylic acids is 1. The van der Waals surface area contributed by atoms with Gasteiger partial charge in [0.15, 0.2) is 15.0 Å². The molecule has 188 valence electrons. The van der Waals surface area contributed by atoms with E-state index in [-0.39, 0.29) is 29.4 Å². The summed E-state index contributed by atoms with van der Waals surface area (Å²) in [5.41, 5.74) is 2.72. The fraction of sp³-hybridized carbons (Fsp3) is 0.259. The largest absolute Gasteiger partial charge is 0.497 e. The van der Waals surface area contributed by atoms with Crippen LogP contribution in [0.3, 0.4) is 0 Å². The van der Waals surface area contributed by atoms with Crippen LogP contribution in [0.5, 0.6) is 11.5 Å². The second-order valence-electron chi connectivity index (χ2n) is 8.32. The molecule has 0 unspecified atom stereocenters. The summed E-state index contributed by atoms with van der Waals surface area (Å²) >= 11 is 1.43. The molecular weight excluding hydrogens is 496 g/mol. The van der Waals surface area contributed by atoms with Gasteiger partial charge in [0.1, 0.15) is 17.0 Å².